The first-order valence-electron chi connectivity index (χ1n) is 3.00. The fourth-order valence-corrected chi connectivity index (χ4v) is 0.960. The molecule has 1 aromatic rings. The molecule has 0 aliphatic heterocycles. The van der Waals surface area contributed by atoms with Gasteiger partial charge in [0.15, 0.2) is 0 Å². The second-order valence-corrected chi connectivity index (χ2v) is 2.56. The minimum Gasteiger partial charge on any atom is -0.506 e. The minimum atomic E-state index is -0.922. The number of hydrogen-bond acceptors (Lipinski definition) is 2. The summed E-state index contributed by atoms with van der Waals surface area (Å²) in [5.74, 6) is -2.13. The van der Waals surface area contributed by atoms with Crippen molar-refractivity contribution in [3.05, 3.63) is 28.5 Å². The SMILES string of the molecule is NC(=O)c1cc(F)cc(Cl)c1O. The standard InChI is InChI=1S/C7H5ClFNO2/c8-5-2-3(9)1-4(6(5)11)7(10)12/h1-2,11H,(H2,10,12). The highest BCUT2D eigenvalue weighted by Gasteiger charge is 2.12. The second-order valence-electron chi connectivity index (χ2n) is 2.15. The van der Waals surface area contributed by atoms with Crippen molar-refractivity contribution in [2.75, 3.05) is 0 Å². The lowest BCUT2D eigenvalue weighted by atomic mass is 10.2. The van der Waals surface area contributed by atoms with E-state index in [1.54, 1.807) is 0 Å². The van der Waals surface area contributed by atoms with Gasteiger partial charge >= 0.3 is 0 Å². The Labute approximate surface area is 72.6 Å². The highest BCUT2D eigenvalue weighted by atomic mass is 35.5. The second kappa shape index (κ2) is 2.98. The molecule has 3 nitrogen and oxygen atoms in total. The van der Waals surface area contributed by atoms with Crippen LogP contribution in [0.4, 0.5) is 4.39 Å². The van der Waals surface area contributed by atoms with E-state index in [0.717, 1.165) is 12.1 Å². The van der Waals surface area contributed by atoms with Crippen LogP contribution < -0.4 is 5.73 Å². The number of carbonyl (C=O) groups excluding carboxylic acids is 1. The monoisotopic (exact) mass is 189 g/mol. The number of amides is 1. The minimum absolute atomic E-state index is 0.233. The molecule has 0 aromatic heterocycles. The lowest BCUT2D eigenvalue weighted by Crippen LogP contribution is -2.11. The van der Waals surface area contributed by atoms with Crippen LogP contribution in [0.2, 0.25) is 5.02 Å². The molecule has 0 bridgehead atoms. The van der Waals surface area contributed by atoms with E-state index in [1.807, 2.05) is 0 Å². The summed E-state index contributed by atoms with van der Waals surface area (Å²) in [4.78, 5) is 10.6. The number of rotatable bonds is 1. The quantitative estimate of drug-likeness (QED) is 0.699. The molecule has 3 N–H and O–H groups in total. The molecule has 0 spiro atoms. The van der Waals surface area contributed by atoms with Gasteiger partial charge in [-0.15, -0.1) is 0 Å². The van der Waals surface area contributed by atoms with Gasteiger partial charge in [0, 0.05) is 0 Å². The molecule has 0 atom stereocenters. The summed E-state index contributed by atoms with van der Waals surface area (Å²) in [5, 5.41) is 8.86. The summed E-state index contributed by atoms with van der Waals surface area (Å²) < 4.78 is 12.6. The maximum Gasteiger partial charge on any atom is 0.252 e. The fourth-order valence-electron chi connectivity index (χ4n) is 0.754. The summed E-state index contributed by atoms with van der Waals surface area (Å²) in [6, 6.07) is 1.72. The third-order valence-electron chi connectivity index (χ3n) is 1.29. The predicted octanol–water partition coefficient (Wildman–Crippen LogP) is 1.28. The van der Waals surface area contributed by atoms with Crippen LogP contribution in [0.15, 0.2) is 12.1 Å². The smallest absolute Gasteiger partial charge is 0.252 e. The molecule has 0 radical (unpaired) electrons. The van der Waals surface area contributed by atoms with E-state index in [-0.39, 0.29) is 10.6 Å². The first kappa shape index (κ1) is 8.80. The first-order chi connectivity index (χ1) is 5.52. The van der Waals surface area contributed by atoms with Gasteiger partial charge in [0.2, 0.25) is 0 Å². The molecule has 0 unspecified atom stereocenters. The summed E-state index contributed by atoms with van der Waals surface area (Å²) in [6.07, 6.45) is 0. The molecule has 0 heterocycles. The molecule has 0 aliphatic rings. The number of halogens is 2. The largest absolute Gasteiger partial charge is 0.506 e. The Kier molecular flexibility index (Phi) is 2.19. The van der Waals surface area contributed by atoms with Crippen LogP contribution >= 0.6 is 11.6 Å². The Bertz CT molecular complexity index is 340. The van der Waals surface area contributed by atoms with Crippen molar-refractivity contribution < 1.29 is 14.3 Å². The Morgan fingerprint density at radius 1 is 1.58 bits per heavy atom. The fraction of sp³-hybridized carbons (Fsp3) is 0. The molecule has 1 amide bonds. The zero-order valence-corrected chi connectivity index (χ0v) is 6.60. The zero-order valence-electron chi connectivity index (χ0n) is 5.84. The van der Waals surface area contributed by atoms with Gasteiger partial charge in [-0.25, -0.2) is 4.39 Å². The third kappa shape index (κ3) is 1.48. The highest BCUT2D eigenvalue weighted by Crippen LogP contribution is 2.27. The van der Waals surface area contributed by atoms with Crippen LogP contribution in [0.1, 0.15) is 10.4 Å². The summed E-state index contributed by atoms with van der Waals surface area (Å²) >= 11 is 5.37. The van der Waals surface area contributed by atoms with Crippen LogP contribution in [0.3, 0.4) is 0 Å². The summed E-state index contributed by atoms with van der Waals surface area (Å²) in [7, 11) is 0. The first-order valence-corrected chi connectivity index (χ1v) is 3.38. The average molecular weight is 190 g/mol. The highest BCUT2D eigenvalue weighted by molar-refractivity contribution is 6.32. The Balaban J connectivity index is 3.37. The number of carbonyl (C=O) groups is 1. The maximum absolute atomic E-state index is 12.6. The Hall–Kier alpha value is -1.29. The van der Waals surface area contributed by atoms with Crippen molar-refractivity contribution in [1.29, 1.82) is 0 Å². The number of aromatic hydroxyl groups is 1. The van der Waals surface area contributed by atoms with Crippen molar-refractivity contribution in [1.82, 2.24) is 0 Å². The summed E-state index contributed by atoms with van der Waals surface area (Å²) in [5.41, 5.74) is 4.51. The molecule has 5 heteroatoms. The van der Waals surface area contributed by atoms with Crippen LogP contribution in [0, 0.1) is 5.82 Å². The number of primary amides is 1. The molecule has 0 saturated heterocycles. The predicted molar refractivity (Wildman–Crippen MR) is 41.6 cm³/mol. The zero-order chi connectivity index (χ0) is 9.30. The van der Waals surface area contributed by atoms with Crippen molar-refractivity contribution in [3.8, 4) is 5.75 Å². The van der Waals surface area contributed by atoms with Crippen molar-refractivity contribution in [2.24, 2.45) is 5.73 Å². The molecule has 1 rings (SSSR count). The van der Waals surface area contributed by atoms with E-state index >= 15 is 0 Å². The topological polar surface area (TPSA) is 63.3 Å². The van der Waals surface area contributed by atoms with Crippen LogP contribution in [-0.4, -0.2) is 11.0 Å². The van der Waals surface area contributed by atoms with E-state index < -0.39 is 17.5 Å². The van der Waals surface area contributed by atoms with Gasteiger partial charge in [-0.05, 0) is 12.1 Å². The van der Waals surface area contributed by atoms with Gasteiger partial charge < -0.3 is 10.8 Å². The molecular weight excluding hydrogens is 185 g/mol. The number of phenols is 1. The van der Waals surface area contributed by atoms with E-state index in [0.29, 0.717) is 0 Å². The normalized spacial score (nSPS) is 9.83. The van der Waals surface area contributed by atoms with E-state index in [2.05, 4.69) is 0 Å². The lowest BCUT2D eigenvalue weighted by molar-refractivity contribution is 0.0997. The number of benzene rings is 1. The number of hydrogen-bond donors (Lipinski definition) is 2. The molecule has 0 fully saturated rings. The molecule has 64 valence electrons. The van der Waals surface area contributed by atoms with Gasteiger partial charge in [-0.3, -0.25) is 4.79 Å². The van der Waals surface area contributed by atoms with Crippen LogP contribution in [0.25, 0.3) is 0 Å². The Morgan fingerprint density at radius 3 is 2.67 bits per heavy atom. The van der Waals surface area contributed by atoms with Gasteiger partial charge in [-0.1, -0.05) is 11.6 Å². The molecular formula is C7H5ClFNO2. The van der Waals surface area contributed by atoms with Gasteiger partial charge in [0.1, 0.15) is 11.6 Å². The number of nitrogens with two attached hydrogens (primary N) is 1. The van der Waals surface area contributed by atoms with E-state index in [9.17, 15) is 9.18 Å². The van der Waals surface area contributed by atoms with Crippen molar-refractivity contribution in [2.45, 2.75) is 0 Å². The van der Waals surface area contributed by atoms with Crippen LogP contribution in [0.5, 0.6) is 5.75 Å². The van der Waals surface area contributed by atoms with E-state index in [4.69, 9.17) is 22.4 Å². The maximum atomic E-state index is 12.6. The van der Waals surface area contributed by atoms with Crippen molar-refractivity contribution >= 4 is 17.5 Å². The lowest BCUT2D eigenvalue weighted by Gasteiger charge is -2.01. The van der Waals surface area contributed by atoms with Crippen LogP contribution in [-0.2, 0) is 0 Å². The Morgan fingerprint density at radius 2 is 2.17 bits per heavy atom. The van der Waals surface area contributed by atoms with Gasteiger partial charge in [-0.2, -0.15) is 0 Å². The van der Waals surface area contributed by atoms with Gasteiger partial charge in [0.25, 0.3) is 5.91 Å². The summed E-state index contributed by atoms with van der Waals surface area (Å²) in [6.45, 7) is 0. The third-order valence-corrected chi connectivity index (χ3v) is 1.58. The van der Waals surface area contributed by atoms with Gasteiger partial charge in [0.05, 0.1) is 10.6 Å². The van der Waals surface area contributed by atoms with Crippen molar-refractivity contribution in [3.63, 3.8) is 0 Å². The molecule has 0 aliphatic carbocycles. The molecule has 12 heavy (non-hydrogen) atoms. The molecule has 0 saturated carbocycles. The average Bonchev–Trinajstić information content (AvgIpc) is 1.96. The molecule has 1 aromatic carbocycles. The van der Waals surface area contributed by atoms with E-state index in [1.165, 1.54) is 0 Å².